The van der Waals surface area contributed by atoms with Gasteiger partial charge in [0, 0.05) is 44.1 Å². The predicted molar refractivity (Wildman–Crippen MR) is 162 cm³/mol. The van der Waals surface area contributed by atoms with Gasteiger partial charge in [0.15, 0.2) is 11.5 Å². The monoisotopic (exact) mass is 616 g/mol. The number of aryl methyl sites for hydroxylation is 1. The summed E-state index contributed by atoms with van der Waals surface area (Å²) in [4.78, 5) is 38.7. The zero-order valence-corrected chi connectivity index (χ0v) is 25.0. The molecular weight excluding hydrogens is 584 g/mol. The summed E-state index contributed by atoms with van der Waals surface area (Å²) in [7, 11) is 0. The van der Waals surface area contributed by atoms with E-state index >= 15 is 0 Å². The maximum atomic E-state index is 13.2. The molecule has 4 aromatic rings. The summed E-state index contributed by atoms with van der Waals surface area (Å²) in [5.41, 5.74) is 6.41. The molecule has 1 N–H and O–H groups in total. The lowest BCUT2D eigenvalue weighted by Gasteiger charge is -2.34. The molecule has 0 radical (unpaired) electrons. The molecule has 0 spiro atoms. The number of carbonyl (C=O) groups excluding carboxylic acids is 2. The first-order valence-corrected chi connectivity index (χ1v) is 14.8. The Morgan fingerprint density at radius 3 is 2.51 bits per heavy atom. The second kappa shape index (κ2) is 11.3. The van der Waals surface area contributed by atoms with E-state index in [1.807, 2.05) is 34.6 Å². The molecule has 2 aromatic heterocycles. The van der Waals surface area contributed by atoms with Crippen LogP contribution in [0.25, 0.3) is 16.8 Å². The minimum absolute atomic E-state index is 0.0808. The van der Waals surface area contributed by atoms with Gasteiger partial charge in [-0.15, -0.1) is 0 Å². The van der Waals surface area contributed by atoms with Gasteiger partial charge in [-0.1, -0.05) is 30.3 Å². The van der Waals surface area contributed by atoms with E-state index in [-0.39, 0.29) is 23.9 Å². The van der Waals surface area contributed by atoms with Crippen molar-refractivity contribution in [2.24, 2.45) is 0 Å². The van der Waals surface area contributed by atoms with Crippen LogP contribution in [0.4, 0.5) is 11.5 Å². The van der Waals surface area contributed by atoms with Crippen molar-refractivity contribution in [2.45, 2.75) is 45.7 Å². The summed E-state index contributed by atoms with van der Waals surface area (Å²) in [6.45, 7) is 8.42. The van der Waals surface area contributed by atoms with Crippen molar-refractivity contribution in [2.75, 3.05) is 36.1 Å². The van der Waals surface area contributed by atoms with Gasteiger partial charge in [-0.2, -0.15) is 0 Å². The van der Waals surface area contributed by atoms with Gasteiger partial charge in [0.25, 0.3) is 5.91 Å². The summed E-state index contributed by atoms with van der Waals surface area (Å²) in [6, 6.07) is 14.6. The highest BCUT2D eigenvalue weighted by Crippen LogP contribution is 2.34. The summed E-state index contributed by atoms with van der Waals surface area (Å²) in [5, 5.41) is 3.09. The fourth-order valence-corrected chi connectivity index (χ4v) is 6.17. The lowest BCUT2D eigenvalue weighted by atomic mass is 9.92. The van der Waals surface area contributed by atoms with Gasteiger partial charge < -0.3 is 24.3 Å². The Balaban J connectivity index is 1.17. The first-order valence-electron chi connectivity index (χ1n) is 14.0. The SMILES string of the molecule is CC(=O)N1c2ccc(-c3ccc([C@H](C)NC(=O)c4cn5cc(Br)nc(N6CCOCC6)c5n4)cc3)cc2CC[C@@H]1C. The van der Waals surface area contributed by atoms with Crippen molar-refractivity contribution in [1.82, 2.24) is 19.7 Å². The Labute approximate surface area is 247 Å². The van der Waals surface area contributed by atoms with E-state index in [1.54, 1.807) is 13.1 Å². The van der Waals surface area contributed by atoms with Gasteiger partial charge in [0.2, 0.25) is 5.91 Å². The van der Waals surface area contributed by atoms with E-state index in [1.165, 1.54) is 5.56 Å². The third kappa shape index (κ3) is 5.46. The number of halogens is 1. The molecule has 9 nitrogen and oxygen atoms in total. The highest BCUT2D eigenvalue weighted by atomic mass is 79.9. The number of morpholine rings is 1. The molecule has 1 fully saturated rings. The number of aromatic nitrogens is 3. The summed E-state index contributed by atoms with van der Waals surface area (Å²) < 4.78 is 7.99. The fourth-order valence-electron chi connectivity index (χ4n) is 5.78. The Bertz CT molecular complexity index is 1610. The molecule has 0 bridgehead atoms. The second-order valence-electron chi connectivity index (χ2n) is 10.8. The number of imidazole rings is 1. The van der Waals surface area contributed by atoms with Crippen molar-refractivity contribution in [3.8, 4) is 11.1 Å². The van der Waals surface area contributed by atoms with Crippen LogP contribution >= 0.6 is 15.9 Å². The van der Waals surface area contributed by atoms with Crippen molar-refractivity contribution in [1.29, 1.82) is 0 Å². The van der Waals surface area contributed by atoms with E-state index in [0.717, 1.165) is 54.1 Å². The molecule has 2 aromatic carbocycles. The van der Waals surface area contributed by atoms with Gasteiger partial charge in [-0.05, 0) is 77.0 Å². The number of hydrogen-bond donors (Lipinski definition) is 1. The number of rotatable bonds is 5. The maximum absolute atomic E-state index is 13.2. The van der Waals surface area contributed by atoms with Gasteiger partial charge in [0.1, 0.15) is 10.3 Å². The lowest BCUT2D eigenvalue weighted by molar-refractivity contribution is -0.117. The number of amides is 2. The van der Waals surface area contributed by atoms with Gasteiger partial charge in [-0.3, -0.25) is 9.59 Å². The maximum Gasteiger partial charge on any atom is 0.271 e. The van der Waals surface area contributed by atoms with E-state index in [2.05, 4.69) is 73.4 Å². The zero-order valence-electron chi connectivity index (χ0n) is 23.4. The van der Waals surface area contributed by atoms with Crippen molar-refractivity contribution in [3.05, 3.63) is 76.3 Å². The van der Waals surface area contributed by atoms with E-state index in [0.29, 0.717) is 29.2 Å². The number of carbonyl (C=O) groups is 2. The molecule has 1 saturated heterocycles. The van der Waals surface area contributed by atoms with Crippen LogP contribution in [0.2, 0.25) is 0 Å². The Morgan fingerprint density at radius 1 is 1.05 bits per heavy atom. The molecule has 6 rings (SSSR count). The Hall–Kier alpha value is -3.76. The van der Waals surface area contributed by atoms with E-state index < -0.39 is 0 Å². The Kier molecular flexibility index (Phi) is 7.52. The van der Waals surface area contributed by atoms with Crippen LogP contribution in [0.1, 0.15) is 54.8 Å². The van der Waals surface area contributed by atoms with Crippen molar-refractivity contribution >= 4 is 44.9 Å². The molecule has 2 atom stereocenters. The third-order valence-corrected chi connectivity index (χ3v) is 8.36. The average Bonchev–Trinajstić information content (AvgIpc) is 3.41. The zero-order chi connectivity index (χ0) is 28.7. The molecule has 0 aliphatic carbocycles. The summed E-state index contributed by atoms with van der Waals surface area (Å²) >= 11 is 3.48. The predicted octanol–water partition coefficient (Wildman–Crippen LogP) is 5.17. The molecule has 10 heteroatoms. The average molecular weight is 618 g/mol. The first-order chi connectivity index (χ1) is 19.8. The standard InChI is InChI=1S/C31H33BrN6O3/c1-19-4-5-25-16-24(10-11-27(25)38(19)21(3)39)23-8-6-22(7-9-23)20(2)33-31(40)26-17-37-18-28(32)35-30(29(37)34-26)36-12-14-41-15-13-36/h6-11,16-20H,4-5,12-15H2,1-3H3,(H,33,40)/t19-,20-/m0/s1. The minimum atomic E-state index is -0.242. The highest BCUT2D eigenvalue weighted by Gasteiger charge is 2.26. The van der Waals surface area contributed by atoms with E-state index in [4.69, 9.17) is 4.74 Å². The minimum Gasteiger partial charge on any atom is -0.378 e. The van der Waals surface area contributed by atoms with Gasteiger partial charge in [0.05, 0.1) is 19.3 Å². The molecule has 0 saturated carbocycles. The van der Waals surface area contributed by atoms with Crippen LogP contribution in [0, 0.1) is 0 Å². The van der Waals surface area contributed by atoms with Crippen LogP contribution in [0.15, 0.2) is 59.5 Å². The normalized spacial score (nSPS) is 17.8. The summed E-state index contributed by atoms with van der Waals surface area (Å²) in [5.74, 6) is 0.571. The second-order valence-corrected chi connectivity index (χ2v) is 11.6. The smallest absolute Gasteiger partial charge is 0.271 e. The highest BCUT2D eigenvalue weighted by molar-refractivity contribution is 9.10. The number of benzene rings is 2. The van der Waals surface area contributed by atoms with Gasteiger partial charge >= 0.3 is 0 Å². The molecule has 2 amide bonds. The number of nitrogens with zero attached hydrogens (tertiary/aromatic N) is 5. The lowest BCUT2D eigenvalue weighted by Crippen LogP contribution is -2.40. The molecule has 212 valence electrons. The van der Waals surface area contributed by atoms with Crippen molar-refractivity contribution < 1.29 is 14.3 Å². The number of hydrogen-bond acceptors (Lipinski definition) is 6. The van der Waals surface area contributed by atoms with Crippen LogP contribution in [-0.2, 0) is 16.0 Å². The molecule has 4 heterocycles. The van der Waals surface area contributed by atoms with E-state index in [9.17, 15) is 9.59 Å². The fraction of sp³-hybridized carbons (Fsp3) is 0.355. The third-order valence-electron chi connectivity index (χ3n) is 7.98. The van der Waals surface area contributed by atoms with Crippen LogP contribution in [0.5, 0.6) is 0 Å². The number of fused-ring (bicyclic) bond motifs is 2. The largest absolute Gasteiger partial charge is 0.378 e. The van der Waals surface area contributed by atoms with Crippen molar-refractivity contribution in [3.63, 3.8) is 0 Å². The molecule has 41 heavy (non-hydrogen) atoms. The number of anilines is 2. The van der Waals surface area contributed by atoms with Crippen LogP contribution < -0.4 is 15.1 Å². The summed E-state index contributed by atoms with van der Waals surface area (Å²) in [6.07, 6.45) is 5.46. The quantitative estimate of drug-likeness (QED) is 0.332. The Morgan fingerprint density at radius 2 is 1.78 bits per heavy atom. The van der Waals surface area contributed by atoms with Gasteiger partial charge in [-0.25, -0.2) is 9.97 Å². The topological polar surface area (TPSA) is 92.1 Å². The molecule has 2 aliphatic heterocycles. The molecule has 2 aliphatic rings. The van der Waals surface area contributed by atoms with Crippen LogP contribution in [-0.4, -0.2) is 58.5 Å². The number of nitrogens with one attached hydrogen (secondary N) is 1. The number of ether oxygens (including phenoxy) is 1. The van der Waals surface area contributed by atoms with Crippen LogP contribution in [0.3, 0.4) is 0 Å². The molecule has 0 unspecified atom stereocenters. The molecular formula is C31H33BrN6O3. The first kappa shape index (κ1) is 27.4.